The minimum atomic E-state index is -1.17. The summed E-state index contributed by atoms with van der Waals surface area (Å²) in [4.78, 5) is 52.2. The van der Waals surface area contributed by atoms with Gasteiger partial charge in [0.2, 0.25) is 0 Å². The molecule has 2 aromatic rings. The fourth-order valence-electron chi connectivity index (χ4n) is 3.51. The number of hydrogen-bond donors (Lipinski definition) is 1. The number of amides is 5. The van der Waals surface area contributed by atoms with Crippen LogP contribution >= 0.6 is 0 Å². The lowest BCUT2D eigenvalue weighted by molar-refractivity contribution is -0.131. The number of nitrogens with zero attached hydrogens (tertiary/aromatic N) is 2. The summed E-state index contributed by atoms with van der Waals surface area (Å²) < 4.78 is 0. The fourth-order valence-corrected chi connectivity index (χ4v) is 3.51. The predicted molar refractivity (Wildman–Crippen MR) is 95.8 cm³/mol. The van der Waals surface area contributed by atoms with Crippen LogP contribution in [0.2, 0.25) is 0 Å². The van der Waals surface area contributed by atoms with Crippen LogP contribution in [0.4, 0.5) is 4.79 Å². The van der Waals surface area contributed by atoms with Gasteiger partial charge in [0.05, 0.1) is 11.1 Å². The molecule has 1 saturated heterocycles. The molecule has 2 aromatic carbocycles. The maximum Gasteiger partial charge on any atom is 0.325 e. The maximum absolute atomic E-state index is 12.9. The zero-order valence-electron chi connectivity index (χ0n) is 14.6. The van der Waals surface area contributed by atoms with E-state index in [1.54, 1.807) is 55.5 Å². The Hall–Kier alpha value is -3.48. The largest absolute Gasteiger partial charge is 0.325 e. The van der Waals surface area contributed by atoms with E-state index in [0.29, 0.717) is 16.7 Å². The third kappa shape index (κ3) is 2.51. The summed E-state index contributed by atoms with van der Waals surface area (Å²) in [5.74, 6) is -1.22. The van der Waals surface area contributed by atoms with Crippen molar-refractivity contribution in [2.75, 3.05) is 13.1 Å². The molecule has 1 atom stereocenters. The van der Waals surface area contributed by atoms with E-state index in [-0.39, 0.29) is 13.1 Å². The molecule has 0 bridgehead atoms. The summed E-state index contributed by atoms with van der Waals surface area (Å²) in [5.41, 5.74) is 0.189. The Kier molecular flexibility index (Phi) is 3.80. The number of carbonyl (C=O) groups is 4. The Morgan fingerprint density at radius 3 is 1.89 bits per heavy atom. The zero-order chi connectivity index (χ0) is 19.2. The first-order chi connectivity index (χ1) is 12.9. The van der Waals surface area contributed by atoms with Crippen molar-refractivity contribution in [3.8, 4) is 0 Å². The van der Waals surface area contributed by atoms with Crippen molar-refractivity contribution in [3.63, 3.8) is 0 Å². The van der Waals surface area contributed by atoms with Gasteiger partial charge in [-0.25, -0.2) is 4.79 Å². The smallest absolute Gasteiger partial charge is 0.319 e. The molecule has 1 N–H and O–H groups in total. The Balaban J connectivity index is 1.51. The van der Waals surface area contributed by atoms with Gasteiger partial charge in [-0.05, 0) is 24.6 Å². The van der Waals surface area contributed by atoms with E-state index < -0.39 is 29.3 Å². The first-order valence-corrected chi connectivity index (χ1v) is 8.58. The average molecular weight is 363 g/mol. The molecule has 7 nitrogen and oxygen atoms in total. The van der Waals surface area contributed by atoms with Gasteiger partial charge in [0.1, 0.15) is 5.54 Å². The second-order valence-electron chi connectivity index (χ2n) is 6.69. The molecule has 27 heavy (non-hydrogen) atoms. The van der Waals surface area contributed by atoms with Crippen molar-refractivity contribution < 1.29 is 19.2 Å². The van der Waals surface area contributed by atoms with Crippen LogP contribution in [-0.2, 0) is 10.3 Å². The van der Waals surface area contributed by atoms with E-state index in [4.69, 9.17) is 0 Å². The van der Waals surface area contributed by atoms with Crippen LogP contribution in [0.25, 0.3) is 0 Å². The topological polar surface area (TPSA) is 86.8 Å². The molecule has 1 fully saturated rings. The lowest BCUT2D eigenvalue weighted by Gasteiger charge is -2.23. The molecular formula is C20H17N3O4. The van der Waals surface area contributed by atoms with E-state index in [1.165, 1.54) is 0 Å². The maximum atomic E-state index is 12.9. The van der Waals surface area contributed by atoms with Crippen molar-refractivity contribution >= 4 is 23.8 Å². The summed E-state index contributed by atoms with van der Waals surface area (Å²) in [7, 11) is 0. The van der Waals surface area contributed by atoms with E-state index in [9.17, 15) is 19.2 Å². The molecule has 0 radical (unpaired) electrons. The molecule has 2 aliphatic rings. The summed E-state index contributed by atoms with van der Waals surface area (Å²) in [6.45, 7) is 1.54. The van der Waals surface area contributed by atoms with Gasteiger partial charge < -0.3 is 5.32 Å². The number of carbonyl (C=O) groups excluding carboxylic acids is 4. The van der Waals surface area contributed by atoms with Gasteiger partial charge in [-0.15, -0.1) is 0 Å². The molecule has 0 unspecified atom stereocenters. The minimum Gasteiger partial charge on any atom is -0.319 e. The van der Waals surface area contributed by atoms with E-state index in [2.05, 4.69) is 5.32 Å². The van der Waals surface area contributed by atoms with Crippen LogP contribution in [0.5, 0.6) is 0 Å². The van der Waals surface area contributed by atoms with Crippen LogP contribution in [0.1, 0.15) is 33.2 Å². The van der Waals surface area contributed by atoms with Crippen molar-refractivity contribution in [2.24, 2.45) is 0 Å². The lowest BCUT2D eigenvalue weighted by Crippen LogP contribution is -2.43. The van der Waals surface area contributed by atoms with Crippen LogP contribution in [0.3, 0.4) is 0 Å². The highest BCUT2D eigenvalue weighted by molar-refractivity contribution is 6.21. The standard InChI is InChI=1S/C20H17N3O4/c1-20(13-7-3-2-4-8-13)18(26)23(19(27)21-20)12-11-22-16(24)14-9-5-6-10-15(14)17(22)25/h2-10H,11-12H2,1H3,(H,21,27)/t20-/m0/s1. The molecule has 0 aliphatic carbocycles. The minimum absolute atomic E-state index is 0.0453. The van der Waals surface area contributed by atoms with Crippen molar-refractivity contribution in [2.45, 2.75) is 12.5 Å². The summed E-state index contributed by atoms with van der Waals surface area (Å²) in [5, 5.41) is 2.71. The molecule has 2 heterocycles. The number of benzene rings is 2. The SMILES string of the molecule is C[C@@]1(c2ccccc2)NC(=O)N(CCN2C(=O)c3ccccc3C2=O)C1=O. The average Bonchev–Trinajstić information content (AvgIpc) is 3.06. The Morgan fingerprint density at radius 2 is 1.30 bits per heavy atom. The van der Waals surface area contributed by atoms with Crippen LogP contribution < -0.4 is 5.32 Å². The predicted octanol–water partition coefficient (Wildman–Crippen LogP) is 1.75. The number of imide groups is 2. The zero-order valence-corrected chi connectivity index (χ0v) is 14.6. The monoisotopic (exact) mass is 363 g/mol. The number of fused-ring (bicyclic) bond motifs is 1. The van der Waals surface area contributed by atoms with Gasteiger partial charge in [-0.1, -0.05) is 42.5 Å². The van der Waals surface area contributed by atoms with Gasteiger partial charge in [0, 0.05) is 13.1 Å². The number of urea groups is 1. The second kappa shape index (κ2) is 6.05. The molecule has 2 aliphatic heterocycles. The summed E-state index contributed by atoms with van der Waals surface area (Å²) in [6, 6.07) is 15.0. The third-order valence-electron chi connectivity index (χ3n) is 5.05. The van der Waals surface area contributed by atoms with E-state index in [1.807, 2.05) is 6.07 Å². The van der Waals surface area contributed by atoms with Crippen LogP contribution in [0, 0.1) is 0 Å². The quantitative estimate of drug-likeness (QED) is 0.662. The number of hydrogen-bond acceptors (Lipinski definition) is 4. The fraction of sp³-hybridized carbons (Fsp3) is 0.200. The van der Waals surface area contributed by atoms with Gasteiger partial charge in [-0.3, -0.25) is 24.2 Å². The van der Waals surface area contributed by atoms with Gasteiger partial charge in [-0.2, -0.15) is 0 Å². The highest BCUT2D eigenvalue weighted by Crippen LogP contribution is 2.29. The molecule has 136 valence electrons. The van der Waals surface area contributed by atoms with Gasteiger partial charge in [0.15, 0.2) is 0 Å². The van der Waals surface area contributed by atoms with Gasteiger partial charge >= 0.3 is 6.03 Å². The Morgan fingerprint density at radius 1 is 0.778 bits per heavy atom. The second-order valence-corrected chi connectivity index (χ2v) is 6.69. The van der Waals surface area contributed by atoms with E-state index >= 15 is 0 Å². The molecule has 5 amide bonds. The highest BCUT2D eigenvalue weighted by atomic mass is 16.2. The molecule has 7 heteroatoms. The van der Waals surface area contributed by atoms with Gasteiger partial charge in [0.25, 0.3) is 17.7 Å². The molecule has 4 rings (SSSR count). The first kappa shape index (κ1) is 17.0. The summed E-state index contributed by atoms with van der Waals surface area (Å²) in [6.07, 6.45) is 0. The Bertz CT molecular complexity index is 937. The highest BCUT2D eigenvalue weighted by Gasteiger charge is 2.49. The Labute approximate surface area is 155 Å². The summed E-state index contributed by atoms with van der Waals surface area (Å²) >= 11 is 0. The third-order valence-corrected chi connectivity index (χ3v) is 5.05. The number of nitrogens with one attached hydrogen (secondary N) is 1. The first-order valence-electron chi connectivity index (χ1n) is 8.58. The number of rotatable bonds is 4. The van der Waals surface area contributed by atoms with E-state index in [0.717, 1.165) is 9.80 Å². The van der Waals surface area contributed by atoms with Crippen molar-refractivity contribution in [1.82, 2.24) is 15.1 Å². The normalized spacial score (nSPS) is 21.7. The van der Waals surface area contributed by atoms with Crippen LogP contribution in [0.15, 0.2) is 54.6 Å². The molecular weight excluding hydrogens is 346 g/mol. The van der Waals surface area contributed by atoms with Crippen molar-refractivity contribution in [1.29, 1.82) is 0 Å². The molecule has 0 saturated carbocycles. The lowest BCUT2D eigenvalue weighted by atomic mass is 9.92. The molecule has 0 spiro atoms. The molecule has 0 aromatic heterocycles. The van der Waals surface area contributed by atoms with Crippen LogP contribution in [-0.4, -0.2) is 46.6 Å². The van der Waals surface area contributed by atoms with Crippen molar-refractivity contribution in [3.05, 3.63) is 71.3 Å².